The van der Waals surface area contributed by atoms with Crippen molar-refractivity contribution in [3.05, 3.63) is 118 Å². The van der Waals surface area contributed by atoms with E-state index in [1.807, 2.05) is 6.92 Å². The van der Waals surface area contributed by atoms with Crippen molar-refractivity contribution in [2.24, 2.45) is 0 Å². The Kier molecular flexibility index (Phi) is 10.5. The Morgan fingerprint density at radius 3 is 2.27 bits per heavy atom. The fraction of sp³-hybridized carbons (Fsp3) is 0.242. The lowest BCUT2D eigenvalue weighted by Gasteiger charge is -2.18. The second-order valence-electron chi connectivity index (χ2n) is 9.97. The van der Waals surface area contributed by atoms with E-state index in [0.29, 0.717) is 30.9 Å². The van der Waals surface area contributed by atoms with Crippen LogP contribution in [0.1, 0.15) is 45.4 Å². The van der Waals surface area contributed by atoms with E-state index < -0.39 is 29.5 Å². The molecule has 1 aromatic heterocycles. The summed E-state index contributed by atoms with van der Waals surface area (Å²) in [6.07, 6.45) is -2.29. The predicted octanol–water partition coefficient (Wildman–Crippen LogP) is 7.66. The summed E-state index contributed by atoms with van der Waals surface area (Å²) in [5.41, 5.74) is 2.03. The number of carbonyl (C=O) groups is 2. The summed E-state index contributed by atoms with van der Waals surface area (Å²) < 4.78 is 57.6. The number of aliphatic carboxylic acids is 1. The summed E-state index contributed by atoms with van der Waals surface area (Å²) in [4.78, 5) is 30.3. The number of nitrogens with zero attached hydrogens (tertiary/aromatic N) is 1. The molecule has 0 saturated heterocycles. The Morgan fingerprint density at radius 2 is 1.68 bits per heavy atom. The van der Waals surface area contributed by atoms with Gasteiger partial charge >= 0.3 is 12.1 Å². The zero-order chi connectivity index (χ0) is 31.9. The highest BCUT2D eigenvalue weighted by atomic mass is 32.1. The monoisotopic (exact) mass is 626 g/mol. The van der Waals surface area contributed by atoms with Gasteiger partial charge in [-0.25, -0.2) is 14.2 Å². The Morgan fingerprint density at radius 1 is 1.02 bits per heavy atom. The van der Waals surface area contributed by atoms with Crippen LogP contribution in [-0.2, 0) is 23.8 Å². The molecule has 230 valence electrons. The molecule has 11 heteroatoms. The molecule has 0 aliphatic heterocycles. The first-order valence-electron chi connectivity index (χ1n) is 13.8. The third-order valence-electron chi connectivity index (χ3n) is 6.80. The number of hydrogen-bond acceptors (Lipinski definition) is 6. The van der Waals surface area contributed by atoms with E-state index in [9.17, 15) is 32.3 Å². The van der Waals surface area contributed by atoms with Crippen LogP contribution in [0.15, 0.2) is 84.6 Å². The van der Waals surface area contributed by atoms with Crippen LogP contribution in [0.25, 0.3) is 10.6 Å². The van der Waals surface area contributed by atoms with Gasteiger partial charge in [-0.05, 0) is 67.4 Å². The molecule has 1 atom stereocenters. The van der Waals surface area contributed by atoms with Crippen molar-refractivity contribution < 1.29 is 37.0 Å². The van der Waals surface area contributed by atoms with Gasteiger partial charge in [0.05, 0.1) is 17.9 Å². The number of ketones is 1. The largest absolute Gasteiger partial charge is 0.493 e. The van der Waals surface area contributed by atoms with Gasteiger partial charge in [0.15, 0.2) is 5.78 Å². The van der Waals surface area contributed by atoms with E-state index in [1.54, 1.807) is 43.3 Å². The van der Waals surface area contributed by atoms with Gasteiger partial charge in [-0.1, -0.05) is 31.2 Å². The Hall–Kier alpha value is -4.51. The molecule has 0 unspecified atom stereocenters. The maximum Gasteiger partial charge on any atom is 0.416 e. The van der Waals surface area contributed by atoms with Crippen LogP contribution in [0, 0.1) is 12.7 Å². The van der Waals surface area contributed by atoms with Crippen LogP contribution < -0.4 is 10.1 Å². The van der Waals surface area contributed by atoms with Gasteiger partial charge < -0.3 is 15.2 Å². The number of rotatable bonds is 13. The van der Waals surface area contributed by atoms with Crippen LogP contribution in [-0.4, -0.2) is 34.5 Å². The van der Waals surface area contributed by atoms with Crippen LogP contribution in [0.5, 0.6) is 5.75 Å². The highest BCUT2D eigenvalue weighted by molar-refractivity contribution is 7.15. The van der Waals surface area contributed by atoms with Crippen molar-refractivity contribution >= 4 is 23.1 Å². The molecule has 4 aromatic rings. The molecular weight excluding hydrogens is 596 g/mol. The van der Waals surface area contributed by atoms with Crippen molar-refractivity contribution in [1.29, 1.82) is 0 Å². The number of carboxylic acids is 1. The number of aromatic nitrogens is 1. The molecule has 0 fully saturated rings. The highest BCUT2D eigenvalue weighted by Gasteiger charge is 2.30. The molecule has 44 heavy (non-hydrogen) atoms. The van der Waals surface area contributed by atoms with Crippen LogP contribution in [0.3, 0.4) is 0 Å². The molecule has 6 nitrogen and oxygen atoms in total. The third kappa shape index (κ3) is 8.76. The molecule has 4 rings (SSSR count). The van der Waals surface area contributed by atoms with Crippen molar-refractivity contribution in [3.8, 4) is 16.3 Å². The van der Waals surface area contributed by atoms with E-state index in [0.717, 1.165) is 51.0 Å². The Labute approximate surface area is 256 Å². The Bertz CT molecular complexity index is 1610. The fourth-order valence-corrected chi connectivity index (χ4v) is 5.30. The molecule has 0 aliphatic rings. The van der Waals surface area contributed by atoms with Gasteiger partial charge in [0.1, 0.15) is 22.6 Å². The zero-order valence-corrected chi connectivity index (χ0v) is 24.8. The van der Waals surface area contributed by atoms with E-state index in [4.69, 9.17) is 4.74 Å². The lowest BCUT2D eigenvalue weighted by atomic mass is 10.0. The molecule has 0 spiro atoms. The quantitative estimate of drug-likeness (QED) is 0.0900. The van der Waals surface area contributed by atoms with Gasteiger partial charge in [-0.3, -0.25) is 4.79 Å². The van der Waals surface area contributed by atoms with Gasteiger partial charge in [-0.15, -0.1) is 11.3 Å². The van der Waals surface area contributed by atoms with E-state index in [-0.39, 0.29) is 17.8 Å². The van der Waals surface area contributed by atoms with Gasteiger partial charge in [0.25, 0.3) is 0 Å². The fourth-order valence-electron chi connectivity index (χ4n) is 4.33. The summed E-state index contributed by atoms with van der Waals surface area (Å²) >= 11 is 1.54. The zero-order valence-electron chi connectivity index (χ0n) is 24.0. The standard InChI is InChI=1S/C33H30F4N2O4S/c1-3-26(19-30(40)22-6-10-24(11-7-22)33(35,36)37)38-29(32(41)42)18-21-4-14-27(15-5-21)43-17-16-28-20(2)44-31(39-28)23-8-12-25(34)13-9-23/h4-15,19,29,38H,3,16-18H2,1-2H3,(H,41,42)/b26-19+/t29-/m0/s1. The minimum Gasteiger partial charge on any atom is -0.493 e. The molecule has 0 saturated carbocycles. The molecular formula is C33H30F4N2O4S. The van der Waals surface area contributed by atoms with Crippen molar-refractivity contribution in [1.82, 2.24) is 10.3 Å². The number of aryl methyl sites for hydroxylation is 1. The van der Waals surface area contributed by atoms with E-state index in [1.165, 1.54) is 29.5 Å². The molecule has 0 bridgehead atoms. The van der Waals surface area contributed by atoms with Gasteiger partial charge in [0, 0.05) is 40.6 Å². The first-order chi connectivity index (χ1) is 20.9. The maximum atomic E-state index is 13.2. The van der Waals surface area contributed by atoms with Crippen LogP contribution in [0.2, 0.25) is 0 Å². The number of halogens is 4. The topological polar surface area (TPSA) is 88.5 Å². The van der Waals surface area contributed by atoms with Crippen LogP contribution in [0.4, 0.5) is 17.6 Å². The van der Waals surface area contributed by atoms with Crippen molar-refractivity contribution in [2.45, 2.75) is 45.3 Å². The maximum absolute atomic E-state index is 13.2. The molecule has 0 amide bonds. The first-order valence-corrected chi connectivity index (χ1v) is 14.6. The second kappa shape index (κ2) is 14.3. The van der Waals surface area contributed by atoms with E-state index >= 15 is 0 Å². The number of carbonyl (C=O) groups excluding carboxylic acids is 1. The summed E-state index contributed by atoms with van der Waals surface area (Å²) in [5.74, 6) is -1.35. The average molecular weight is 627 g/mol. The molecule has 0 radical (unpaired) electrons. The number of benzene rings is 3. The molecule has 1 heterocycles. The normalized spacial score (nSPS) is 12.5. The first kappa shape index (κ1) is 32.4. The number of thiazole rings is 1. The summed E-state index contributed by atoms with van der Waals surface area (Å²) in [5, 5.41) is 13.5. The SMILES string of the molecule is CC/C(=C\C(=O)c1ccc(C(F)(F)F)cc1)N[C@@H](Cc1ccc(OCCc2nc(-c3ccc(F)cc3)sc2C)cc1)C(=O)O. The number of nitrogens with one attached hydrogen (secondary N) is 1. The minimum atomic E-state index is -4.51. The predicted molar refractivity (Wildman–Crippen MR) is 160 cm³/mol. The van der Waals surface area contributed by atoms with E-state index in [2.05, 4.69) is 10.3 Å². The summed E-state index contributed by atoms with van der Waals surface area (Å²) in [6, 6.07) is 16.0. The lowest BCUT2D eigenvalue weighted by molar-refractivity contribution is -0.139. The summed E-state index contributed by atoms with van der Waals surface area (Å²) in [7, 11) is 0. The van der Waals surface area contributed by atoms with Crippen molar-refractivity contribution in [2.75, 3.05) is 6.61 Å². The second-order valence-corrected chi connectivity index (χ2v) is 11.2. The molecule has 3 aromatic carbocycles. The van der Waals surface area contributed by atoms with Crippen LogP contribution >= 0.6 is 11.3 Å². The average Bonchev–Trinajstić information content (AvgIpc) is 3.37. The number of carboxylic acid groups (broad SMARTS) is 1. The van der Waals surface area contributed by atoms with Crippen molar-refractivity contribution in [3.63, 3.8) is 0 Å². The highest BCUT2D eigenvalue weighted by Crippen LogP contribution is 2.30. The molecule has 2 N–H and O–H groups in total. The number of hydrogen-bond donors (Lipinski definition) is 2. The number of ether oxygens (including phenoxy) is 1. The van der Waals surface area contributed by atoms with Gasteiger partial charge in [-0.2, -0.15) is 13.2 Å². The number of allylic oxidation sites excluding steroid dienone is 2. The smallest absolute Gasteiger partial charge is 0.416 e. The molecule has 0 aliphatic carbocycles. The minimum absolute atomic E-state index is 0.0615. The third-order valence-corrected chi connectivity index (χ3v) is 7.86. The van der Waals surface area contributed by atoms with Gasteiger partial charge in [0.2, 0.25) is 0 Å². The Balaban J connectivity index is 1.32. The lowest BCUT2D eigenvalue weighted by Crippen LogP contribution is -2.38. The summed E-state index contributed by atoms with van der Waals surface area (Å²) in [6.45, 7) is 4.09. The number of alkyl halides is 3.